The molecule has 36 heavy (non-hydrogen) atoms. The average Bonchev–Trinajstić information content (AvgIpc) is 3.15. The number of halogens is 1. The number of nitrogens with zero attached hydrogens (tertiary/aromatic N) is 2. The standard InChI is InChI=1S/C29H32ClN3O3/c1-4-19(2)31-28(35)20(3)33(18-21-13-15-23(30)16-14-21)26(34)12-7-17-32-25-11-6-9-22-8-5-10-24(27(22)25)29(32)36/h5-6,8-11,13-16,19-20H,4,7,12,17-18H2,1-3H3,(H,31,35)/t19-,20-/m1/s1. The minimum Gasteiger partial charge on any atom is -0.352 e. The minimum absolute atomic E-state index is 0.0259. The summed E-state index contributed by atoms with van der Waals surface area (Å²) in [6, 6.07) is 18.3. The highest BCUT2D eigenvalue weighted by Crippen LogP contribution is 2.37. The maximum absolute atomic E-state index is 13.4. The van der Waals surface area contributed by atoms with E-state index in [0.717, 1.165) is 28.4 Å². The van der Waals surface area contributed by atoms with Crippen molar-refractivity contribution in [3.8, 4) is 0 Å². The monoisotopic (exact) mass is 505 g/mol. The molecule has 1 heterocycles. The number of benzene rings is 3. The van der Waals surface area contributed by atoms with Crippen molar-refractivity contribution < 1.29 is 14.4 Å². The van der Waals surface area contributed by atoms with Crippen LogP contribution in [0.3, 0.4) is 0 Å². The van der Waals surface area contributed by atoms with E-state index in [2.05, 4.69) is 5.32 Å². The van der Waals surface area contributed by atoms with Crippen LogP contribution < -0.4 is 10.2 Å². The first-order valence-electron chi connectivity index (χ1n) is 12.5. The Hall–Kier alpha value is -3.38. The van der Waals surface area contributed by atoms with Crippen molar-refractivity contribution in [1.29, 1.82) is 0 Å². The van der Waals surface area contributed by atoms with Crippen molar-refractivity contribution in [2.75, 3.05) is 11.4 Å². The molecule has 3 amide bonds. The number of nitrogens with one attached hydrogen (secondary N) is 1. The molecule has 2 atom stereocenters. The van der Waals surface area contributed by atoms with Gasteiger partial charge in [-0.1, -0.05) is 54.9 Å². The van der Waals surface area contributed by atoms with Crippen LogP contribution in [0.2, 0.25) is 5.02 Å². The van der Waals surface area contributed by atoms with Gasteiger partial charge in [0.25, 0.3) is 5.91 Å². The molecule has 1 N–H and O–H groups in total. The highest BCUT2D eigenvalue weighted by Gasteiger charge is 2.30. The summed E-state index contributed by atoms with van der Waals surface area (Å²) in [5.41, 5.74) is 2.49. The van der Waals surface area contributed by atoms with Crippen LogP contribution in [-0.4, -0.2) is 41.2 Å². The van der Waals surface area contributed by atoms with E-state index in [1.807, 2.05) is 62.4 Å². The summed E-state index contributed by atoms with van der Waals surface area (Å²) in [6.45, 7) is 6.44. The van der Waals surface area contributed by atoms with Gasteiger partial charge in [0.05, 0.1) is 5.69 Å². The third-order valence-electron chi connectivity index (χ3n) is 6.86. The molecule has 1 aliphatic heterocycles. The van der Waals surface area contributed by atoms with Crippen molar-refractivity contribution in [3.05, 3.63) is 76.8 Å². The van der Waals surface area contributed by atoms with E-state index in [9.17, 15) is 14.4 Å². The molecule has 6 nitrogen and oxygen atoms in total. The molecule has 0 aromatic heterocycles. The first kappa shape index (κ1) is 25.7. The molecule has 4 rings (SSSR count). The van der Waals surface area contributed by atoms with Crippen LogP contribution in [0.1, 0.15) is 56.0 Å². The van der Waals surface area contributed by atoms with Gasteiger partial charge in [-0.25, -0.2) is 0 Å². The molecule has 0 spiro atoms. The van der Waals surface area contributed by atoms with E-state index < -0.39 is 6.04 Å². The Kier molecular flexibility index (Phi) is 7.94. The van der Waals surface area contributed by atoms with Crippen LogP contribution in [0.5, 0.6) is 0 Å². The summed E-state index contributed by atoms with van der Waals surface area (Å²) >= 11 is 6.03. The van der Waals surface area contributed by atoms with Crippen LogP contribution in [-0.2, 0) is 16.1 Å². The number of hydrogen-bond acceptors (Lipinski definition) is 3. The predicted molar refractivity (Wildman–Crippen MR) is 144 cm³/mol. The molecular formula is C29H32ClN3O3. The summed E-state index contributed by atoms with van der Waals surface area (Å²) in [5.74, 6) is -0.337. The Bertz CT molecular complexity index is 1270. The zero-order valence-electron chi connectivity index (χ0n) is 21.0. The molecule has 0 saturated carbocycles. The van der Waals surface area contributed by atoms with Gasteiger partial charge in [0.2, 0.25) is 11.8 Å². The van der Waals surface area contributed by atoms with Gasteiger partial charge in [-0.05, 0) is 61.9 Å². The SMILES string of the molecule is CC[C@@H](C)NC(=O)[C@@H](C)N(Cc1ccc(Cl)cc1)C(=O)CCCN1C(=O)c2cccc3cccc1c23. The maximum Gasteiger partial charge on any atom is 0.258 e. The second kappa shape index (κ2) is 11.1. The Morgan fingerprint density at radius 3 is 2.42 bits per heavy atom. The van der Waals surface area contributed by atoms with E-state index in [1.54, 1.807) is 28.9 Å². The number of anilines is 1. The highest BCUT2D eigenvalue weighted by atomic mass is 35.5. The van der Waals surface area contributed by atoms with Crippen molar-refractivity contribution in [2.45, 2.75) is 58.7 Å². The van der Waals surface area contributed by atoms with E-state index in [-0.39, 0.29) is 30.2 Å². The van der Waals surface area contributed by atoms with Crippen LogP contribution in [0.15, 0.2) is 60.7 Å². The molecule has 0 aliphatic carbocycles. The number of carbonyl (C=O) groups excluding carboxylic acids is 3. The largest absolute Gasteiger partial charge is 0.352 e. The van der Waals surface area contributed by atoms with Gasteiger partial charge in [-0.3, -0.25) is 14.4 Å². The first-order chi connectivity index (χ1) is 17.3. The van der Waals surface area contributed by atoms with Gasteiger partial charge in [-0.2, -0.15) is 0 Å². The minimum atomic E-state index is -0.631. The van der Waals surface area contributed by atoms with Crippen LogP contribution >= 0.6 is 11.6 Å². The molecule has 3 aromatic rings. The Balaban J connectivity index is 1.46. The fraction of sp³-hybridized carbons (Fsp3) is 0.345. The Labute approximate surface area is 217 Å². The van der Waals surface area contributed by atoms with Gasteiger partial charge in [-0.15, -0.1) is 0 Å². The number of carbonyl (C=O) groups is 3. The third-order valence-corrected chi connectivity index (χ3v) is 7.11. The lowest BCUT2D eigenvalue weighted by Crippen LogP contribution is -2.49. The van der Waals surface area contributed by atoms with E-state index in [0.29, 0.717) is 30.1 Å². The third kappa shape index (κ3) is 5.39. The average molecular weight is 506 g/mol. The second-order valence-corrected chi connectivity index (χ2v) is 9.82. The smallest absolute Gasteiger partial charge is 0.258 e. The molecule has 3 aromatic carbocycles. The lowest BCUT2D eigenvalue weighted by atomic mass is 10.1. The fourth-order valence-corrected chi connectivity index (χ4v) is 4.69. The van der Waals surface area contributed by atoms with Crippen LogP contribution in [0.25, 0.3) is 10.8 Å². The summed E-state index contributed by atoms with van der Waals surface area (Å²) in [7, 11) is 0. The molecule has 188 valence electrons. The summed E-state index contributed by atoms with van der Waals surface area (Å²) < 4.78 is 0. The molecule has 7 heteroatoms. The van der Waals surface area contributed by atoms with E-state index >= 15 is 0 Å². The van der Waals surface area contributed by atoms with Crippen LogP contribution in [0.4, 0.5) is 5.69 Å². The molecule has 0 fully saturated rings. The van der Waals surface area contributed by atoms with Gasteiger partial charge in [0, 0.05) is 41.5 Å². The number of amides is 3. The van der Waals surface area contributed by atoms with Crippen molar-refractivity contribution >= 4 is 45.8 Å². The van der Waals surface area contributed by atoms with Crippen molar-refractivity contribution in [3.63, 3.8) is 0 Å². The van der Waals surface area contributed by atoms with Gasteiger partial charge < -0.3 is 15.1 Å². The van der Waals surface area contributed by atoms with Gasteiger partial charge >= 0.3 is 0 Å². The second-order valence-electron chi connectivity index (χ2n) is 9.38. The number of hydrogen-bond donors (Lipinski definition) is 1. The highest BCUT2D eigenvalue weighted by molar-refractivity contribution is 6.30. The zero-order chi connectivity index (χ0) is 25.8. The topological polar surface area (TPSA) is 69.7 Å². The summed E-state index contributed by atoms with van der Waals surface area (Å²) in [6.07, 6.45) is 1.53. The van der Waals surface area contributed by atoms with Crippen LogP contribution in [0, 0.1) is 0 Å². The first-order valence-corrected chi connectivity index (χ1v) is 12.9. The molecular weight excluding hydrogens is 474 g/mol. The molecule has 1 aliphatic rings. The quantitative estimate of drug-likeness (QED) is 0.392. The lowest BCUT2D eigenvalue weighted by molar-refractivity contribution is -0.140. The molecule has 0 unspecified atom stereocenters. The number of rotatable bonds is 10. The van der Waals surface area contributed by atoms with Crippen molar-refractivity contribution in [2.24, 2.45) is 0 Å². The zero-order valence-corrected chi connectivity index (χ0v) is 21.7. The summed E-state index contributed by atoms with van der Waals surface area (Å²) in [4.78, 5) is 42.7. The van der Waals surface area contributed by atoms with E-state index in [1.165, 1.54) is 0 Å². The lowest BCUT2D eigenvalue weighted by Gasteiger charge is -2.30. The van der Waals surface area contributed by atoms with Gasteiger partial charge in [0.1, 0.15) is 6.04 Å². The van der Waals surface area contributed by atoms with Gasteiger partial charge in [0.15, 0.2) is 0 Å². The molecule has 0 bridgehead atoms. The fourth-order valence-electron chi connectivity index (χ4n) is 4.57. The summed E-state index contributed by atoms with van der Waals surface area (Å²) in [5, 5.41) is 5.60. The predicted octanol–water partition coefficient (Wildman–Crippen LogP) is 5.57. The normalized spacial score (nSPS) is 14.1. The Morgan fingerprint density at radius 2 is 1.72 bits per heavy atom. The van der Waals surface area contributed by atoms with Crippen molar-refractivity contribution in [1.82, 2.24) is 10.2 Å². The molecule has 0 saturated heterocycles. The van der Waals surface area contributed by atoms with E-state index in [4.69, 9.17) is 11.6 Å². The maximum atomic E-state index is 13.4. The molecule has 0 radical (unpaired) electrons. The Morgan fingerprint density at radius 1 is 1.03 bits per heavy atom.